The minimum Gasteiger partial charge on any atom is -0.340 e. The van der Waals surface area contributed by atoms with Crippen LogP contribution in [0, 0.1) is 0 Å². The van der Waals surface area contributed by atoms with E-state index in [0.717, 1.165) is 0 Å². The highest BCUT2D eigenvalue weighted by molar-refractivity contribution is 7.89. The Morgan fingerprint density at radius 3 is 2.50 bits per heavy atom. The van der Waals surface area contributed by atoms with Gasteiger partial charge in [0.1, 0.15) is 10.7 Å². The first-order valence-corrected chi connectivity index (χ1v) is 12.4. The number of imidazole rings is 1. The molecule has 0 unspecified atom stereocenters. The number of pyridine rings is 1. The van der Waals surface area contributed by atoms with Gasteiger partial charge in [-0.15, -0.1) is 0 Å². The number of amides is 2. The van der Waals surface area contributed by atoms with Crippen molar-refractivity contribution in [3.05, 3.63) is 50.9 Å². The van der Waals surface area contributed by atoms with Gasteiger partial charge in [0.15, 0.2) is 5.65 Å². The molecule has 1 aromatic carbocycles. The van der Waals surface area contributed by atoms with Crippen LogP contribution in [0.25, 0.3) is 11.2 Å². The van der Waals surface area contributed by atoms with Crippen LogP contribution >= 0.6 is 23.2 Å². The maximum absolute atomic E-state index is 12.9. The van der Waals surface area contributed by atoms with Crippen molar-refractivity contribution in [2.75, 3.05) is 31.5 Å². The number of halogens is 2. The lowest BCUT2D eigenvalue weighted by atomic mass is 10.2. The van der Waals surface area contributed by atoms with E-state index < -0.39 is 21.6 Å². The van der Waals surface area contributed by atoms with Gasteiger partial charge < -0.3 is 15.2 Å². The van der Waals surface area contributed by atoms with Crippen molar-refractivity contribution < 1.29 is 18.0 Å². The molecular formula is C20H20Cl2N6O5S. The summed E-state index contributed by atoms with van der Waals surface area (Å²) in [7, 11) is -3.86. The van der Waals surface area contributed by atoms with Gasteiger partial charge in [0, 0.05) is 44.0 Å². The summed E-state index contributed by atoms with van der Waals surface area (Å²) in [5.74, 6) is -0.417. The molecule has 2 amide bonds. The van der Waals surface area contributed by atoms with Crippen molar-refractivity contribution in [2.24, 2.45) is 0 Å². The standard InChI is InChI=1S/C20H20Cl2N6O5S/c21-12-1-2-13(22)15(11-12)34(32,33)28-9-7-27(8-10-28)18(30)6-5-17(29)24-16-4-3-14-19(25-16)26-20(31)23-14/h1-4,11H,5-10H2,(H3,23,24,25,26,29,31). The van der Waals surface area contributed by atoms with Gasteiger partial charge in [-0.3, -0.25) is 14.6 Å². The minimum atomic E-state index is -3.86. The Kier molecular flexibility index (Phi) is 6.94. The second kappa shape index (κ2) is 9.74. The summed E-state index contributed by atoms with van der Waals surface area (Å²) >= 11 is 12.0. The molecule has 1 aliphatic heterocycles. The number of carbonyl (C=O) groups is 2. The van der Waals surface area contributed by atoms with Crippen molar-refractivity contribution >= 4 is 62.0 Å². The van der Waals surface area contributed by atoms with Crippen LogP contribution in [0.1, 0.15) is 12.8 Å². The molecule has 0 saturated carbocycles. The molecule has 1 fully saturated rings. The largest absolute Gasteiger partial charge is 0.340 e. The lowest BCUT2D eigenvalue weighted by Gasteiger charge is -2.34. The second-order valence-corrected chi connectivity index (χ2v) is 10.3. The monoisotopic (exact) mass is 526 g/mol. The number of piperazine rings is 1. The van der Waals surface area contributed by atoms with Crippen LogP contribution in [0.4, 0.5) is 5.82 Å². The molecule has 0 radical (unpaired) electrons. The molecule has 11 nitrogen and oxygen atoms in total. The fourth-order valence-electron chi connectivity index (χ4n) is 3.56. The third-order valence-corrected chi connectivity index (χ3v) is 7.93. The number of H-pyrrole nitrogens is 2. The van der Waals surface area contributed by atoms with Crippen LogP contribution in [0.2, 0.25) is 10.0 Å². The number of hydrogen-bond acceptors (Lipinski definition) is 6. The van der Waals surface area contributed by atoms with Crippen LogP contribution < -0.4 is 11.0 Å². The van der Waals surface area contributed by atoms with E-state index >= 15 is 0 Å². The molecule has 34 heavy (non-hydrogen) atoms. The quantitative estimate of drug-likeness (QED) is 0.445. The third-order valence-electron chi connectivity index (χ3n) is 5.31. The van der Waals surface area contributed by atoms with Crippen molar-refractivity contribution in [1.29, 1.82) is 0 Å². The van der Waals surface area contributed by atoms with Crippen molar-refractivity contribution in [2.45, 2.75) is 17.7 Å². The van der Waals surface area contributed by atoms with Gasteiger partial charge in [0.05, 0.1) is 10.5 Å². The van der Waals surface area contributed by atoms with Crippen molar-refractivity contribution in [3.8, 4) is 0 Å². The summed E-state index contributed by atoms with van der Waals surface area (Å²) in [6.45, 7) is 0.581. The number of fused-ring (bicyclic) bond motifs is 1. The van der Waals surface area contributed by atoms with Gasteiger partial charge in [0.25, 0.3) is 0 Å². The maximum atomic E-state index is 12.9. The Bertz CT molecular complexity index is 1410. The van der Waals surface area contributed by atoms with Gasteiger partial charge in [-0.1, -0.05) is 23.2 Å². The number of nitrogens with one attached hydrogen (secondary N) is 3. The fraction of sp³-hybridized carbons (Fsp3) is 0.300. The predicted molar refractivity (Wildman–Crippen MR) is 126 cm³/mol. The van der Waals surface area contributed by atoms with Crippen LogP contribution in [-0.2, 0) is 19.6 Å². The highest BCUT2D eigenvalue weighted by atomic mass is 35.5. The Morgan fingerprint density at radius 1 is 1.03 bits per heavy atom. The average Bonchev–Trinajstić information content (AvgIpc) is 3.18. The first kappa shape index (κ1) is 24.2. The topological polar surface area (TPSA) is 148 Å². The normalized spacial score (nSPS) is 14.9. The SMILES string of the molecule is O=C(CCC(=O)N1CCN(S(=O)(=O)c2cc(Cl)ccc2Cl)CC1)Nc1ccc2[nH]c(=O)[nH]c2n1. The Morgan fingerprint density at radius 2 is 1.76 bits per heavy atom. The van der Waals surface area contributed by atoms with Gasteiger partial charge in [-0.25, -0.2) is 18.2 Å². The zero-order valence-corrected chi connectivity index (χ0v) is 20.0. The lowest BCUT2D eigenvalue weighted by Crippen LogP contribution is -2.50. The zero-order valence-electron chi connectivity index (χ0n) is 17.7. The summed E-state index contributed by atoms with van der Waals surface area (Å²) in [6, 6.07) is 7.37. The summed E-state index contributed by atoms with van der Waals surface area (Å²) in [6.07, 6.45) is -0.110. The number of aromatic amines is 2. The molecule has 2 aromatic heterocycles. The lowest BCUT2D eigenvalue weighted by molar-refractivity contribution is -0.133. The molecule has 0 atom stereocenters. The van der Waals surface area contributed by atoms with Crippen LogP contribution in [0.5, 0.6) is 0 Å². The molecule has 0 spiro atoms. The molecule has 0 bridgehead atoms. The highest BCUT2D eigenvalue weighted by Crippen LogP contribution is 2.28. The van der Waals surface area contributed by atoms with Gasteiger partial charge in [-0.05, 0) is 30.3 Å². The van der Waals surface area contributed by atoms with E-state index in [9.17, 15) is 22.8 Å². The molecule has 3 heterocycles. The first-order valence-electron chi connectivity index (χ1n) is 10.3. The Balaban J connectivity index is 1.29. The third kappa shape index (κ3) is 5.25. The summed E-state index contributed by atoms with van der Waals surface area (Å²) in [5, 5.41) is 2.92. The van der Waals surface area contributed by atoms with E-state index in [1.54, 1.807) is 6.07 Å². The van der Waals surface area contributed by atoms with Gasteiger partial charge in [-0.2, -0.15) is 4.31 Å². The smallest absolute Gasteiger partial charge is 0.325 e. The van der Waals surface area contributed by atoms with E-state index in [0.29, 0.717) is 11.2 Å². The molecule has 180 valence electrons. The fourth-order valence-corrected chi connectivity index (χ4v) is 5.72. The number of sulfonamides is 1. The molecule has 14 heteroatoms. The predicted octanol–water partition coefficient (Wildman–Crippen LogP) is 1.81. The number of rotatable bonds is 6. The number of hydrogen-bond donors (Lipinski definition) is 3. The Labute approximate surface area is 204 Å². The second-order valence-electron chi connectivity index (χ2n) is 7.58. The van der Waals surface area contributed by atoms with E-state index in [-0.39, 0.29) is 65.7 Å². The van der Waals surface area contributed by atoms with Crippen molar-refractivity contribution in [3.63, 3.8) is 0 Å². The number of carbonyl (C=O) groups excluding carboxylic acids is 2. The first-order chi connectivity index (χ1) is 16.1. The van der Waals surface area contributed by atoms with E-state index in [1.165, 1.54) is 33.5 Å². The molecule has 0 aliphatic carbocycles. The number of nitrogens with zero attached hydrogens (tertiary/aromatic N) is 3. The summed E-state index contributed by atoms with van der Waals surface area (Å²) < 4.78 is 27.1. The molecule has 4 rings (SSSR count). The minimum absolute atomic E-state index is 0.0397. The van der Waals surface area contributed by atoms with Crippen LogP contribution in [-0.4, -0.2) is 70.6 Å². The van der Waals surface area contributed by atoms with E-state index in [2.05, 4.69) is 20.3 Å². The zero-order chi connectivity index (χ0) is 24.5. The van der Waals surface area contributed by atoms with Gasteiger partial charge >= 0.3 is 5.69 Å². The van der Waals surface area contributed by atoms with E-state index in [4.69, 9.17) is 23.2 Å². The highest BCUT2D eigenvalue weighted by Gasteiger charge is 2.31. The molecule has 1 saturated heterocycles. The Hall–Kier alpha value is -2.93. The maximum Gasteiger partial charge on any atom is 0.325 e. The average molecular weight is 527 g/mol. The molecule has 3 aromatic rings. The molecule has 1 aliphatic rings. The number of anilines is 1. The summed E-state index contributed by atoms with van der Waals surface area (Å²) in [5.41, 5.74) is 0.419. The van der Waals surface area contributed by atoms with Crippen molar-refractivity contribution in [1.82, 2.24) is 24.2 Å². The molecule has 3 N–H and O–H groups in total. The van der Waals surface area contributed by atoms with E-state index in [1.807, 2.05) is 0 Å². The van der Waals surface area contributed by atoms with Crippen LogP contribution in [0.3, 0.4) is 0 Å². The molecular weight excluding hydrogens is 507 g/mol. The number of benzene rings is 1. The summed E-state index contributed by atoms with van der Waals surface area (Å²) in [4.78, 5) is 46.7. The van der Waals surface area contributed by atoms with Gasteiger partial charge in [0.2, 0.25) is 21.8 Å². The number of aromatic nitrogens is 3. The van der Waals surface area contributed by atoms with Crippen LogP contribution in [0.15, 0.2) is 40.0 Å².